The van der Waals surface area contributed by atoms with E-state index in [9.17, 15) is 4.79 Å². The molecule has 2 fully saturated rings. The number of hydrogen-bond acceptors (Lipinski definition) is 4. The van der Waals surface area contributed by atoms with E-state index in [1.807, 2.05) is 11.1 Å². The third-order valence-corrected chi connectivity index (χ3v) is 5.03. The van der Waals surface area contributed by atoms with Crippen molar-refractivity contribution >= 4 is 23.3 Å². The molecule has 1 N–H and O–H groups in total. The largest absolute Gasteiger partial charge is 0.370 e. The minimum absolute atomic E-state index is 0.282. The summed E-state index contributed by atoms with van der Waals surface area (Å²) in [5, 5.41) is 3.66. The average Bonchev–Trinajstić information content (AvgIpc) is 3.30. The molecule has 0 spiro atoms. The van der Waals surface area contributed by atoms with Crippen LogP contribution in [0.3, 0.4) is 0 Å². The van der Waals surface area contributed by atoms with E-state index in [1.165, 1.54) is 24.8 Å². The Morgan fingerprint density at radius 1 is 1.39 bits per heavy atom. The Morgan fingerprint density at radius 2 is 2.17 bits per heavy atom. The van der Waals surface area contributed by atoms with Crippen LogP contribution in [0.4, 0.5) is 5.82 Å². The highest BCUT2D eigenvalue weighted by atomic mass is 35.5. The second-order valence-electron chi connectivity index (χ2n) is 6.54. The Bertz CT molecular complexity index is 558. The van der Waals surface area contributed by atoms with Crippen molar-refractivity contribution in [1.82, 2.24) is 14.9 Å². The van der Waals surface area contributed by atoms with Gasteiger partial charge in [-0.05, 0) is 56.5 Å². The zero-order valence-electron chi connectivity index (χ0n) is 13.7. The van der Waals surface area contributed by atoms with Crippen LogP contribution in [0.25, 0.3) is 0 Å². The van der Waals surface area contributed by atoms with Crippen molar-refractivity contribution in [2.24, 2.45) is 5.92 Å². The predicted molar refractivity (Wildman–Crippen MR) is 91.7 cm³/mol. The van der Waals surface area contributed by atoms with Crippen LogP contribution in [0.1, 0.15) is 56.9 Å². The van der Waals surface area contributed by atoms with Gasteiger partial charge in [0.05, 0.1) is 0 Å². The SMILES string of the molecule is CCN(CCCNc1nc(Cl)ncc1C1CC1)C(=O)C1CCC1. The molecule has 23 heavy (non-hydrogen) atoms. The van der Waals surface area contributed by atoms with E-state index in [1.54, 1.807) is 0 Å². The van der Waals surface area contributed by atoms with Gasteiger partial charge in [-0.2, -0.15) is 0 Å². The number of nitrogens with zero attached hydrogens (tertiary/aromatic N) is 3. The number of aromatic nitrogens is 2. The average molecular weight is 337 g/mol. The van der Waals surface area contributed by atoms with Crippen molar-refractivity contribution < 1.29 is 4.79 Å². The Labute approximate surface area is 142 Å². The zero-order valence-corrected chi connectivity index (χ0v) is 14.5. The van der Waals surface area contributed by atoms with Crippen LogP contribution in [0.2, 0.25) is 5.28 Å². The third kappa shape index (κ3) is 4.14. The molecule has 3 rings (SSSR count). The summed E-state index contributed by atoms with van der Waals surface area (Å²) in [5.41, 5.74) is 1.17. The zero-order chi connectivity index (χ0) is 16.2. The Hall–Kier alpha value is -1.36. The molecule has 1 aromatic heterocycles. The van der Waals surface area contributed by atoms with Crippen LogP contribution in [-0.4, -0.2) is 40.4 Å². The van der Waals surface area contributed by atoms with Gasteiger partial charge in [0.15, 0.2) is 0 Å². The molecular weight excluding hydrogens is 312 g/mol. The Kier molecular flexibility index (Phi) is 5.36. The molecule has 0 bridgehead atoms. The first-order valence-corrected chi connectivity index (χ1v) is 9.12. The van der Waals surface area contributed by atoms with Crippen LogP contribution < -0.4 is 5.32 Å². The van der Waals surface area contributed by atoms with E-state index in [0.717, 1.165) is 44.7 Å². The number of amides is 1. The van der Waals surface area contributed by atoms with Crippen molar-refractivity contribution in [2.75, 3.05) is 25.0 Å². The molecule has 0 atom stereocenters. The van der Waals surface area contributed by atoms with Gasteiger partial charge in [-0.25, -0.2) is 9.97 Å². The van der Waals surface area contributed by atoms with Gasteiger partial charge in [0.1, 0.15) is 5.82 Å². The van der Waals surface area contributed by atoms with Crippen molar-refractivity contribution in [1.29, 1.82) is 0 Å². The summed E-state index contributed by atoms with van der Waals surface area (Å²) in [7, 11) is 0. The highest BCUT2D eigenvalue weighted by molar-refractivity contribution is 6.28. The van der Waals surface area contributed by atoms with Crippen molar-refractivity contribution in [3.8, 4) is 0 Å². The van der Waals surface area contributed by atoms with Crippen LogP contribution in [0, 0.1) is 5.92 Å². The van der Waals surface area contributed by atoms with Gasteiger partial charge < -0.3 is 10.2 Å². The molecule has 0 unspecified atom stereocenters. The summed E-state index contributed by atoms with van der Waals surface area (Å²) in [6.45, 7) is 4.44. The Balaban J connectivity index is 1.47. The molecule has 6 heteroatoms. The number of carbonyl (C=O) groups excluding carboxylic acids is 1. The summed E-state index contributed by atoms with van der Waals surface area (Å²) >= 11 is 5.91. The van der Waals surface area contributed by atoms with E-state index in [0.29, 0.717) is 11.8 Å². The number of nitrogens with one attached hydrogen (secondary N) is 1. The molecule has 0 aromatic carbocycles. The molecule has 2 aliphatic carbocycles. The predicted octanol–water partition coefficient (Wildman–Crippen LogP) is 3.46. The van der Waals surface area contributed by atoms with E-state index in [-0.39, 0.29) is 11.2 Å². The van der Waals surface area contributed by atoms with E-state index in [2.05, 4.69) is 22.2 Å². The third-order valence-electron chi connectivity index (χ3n) is 4.85. The second-order valence-corrected chi connectivity index (χ2v) is 6.88. The number of hydrogen-bond donors (Lipinski definition) is 1. The molecule has 0 aliphatic heterocycles. The maximum absolute atomic E-state index is 12.3. The lowest BCUT2D eigenvalue weighted by Gasteiger charge is -2.31. The number of rotatable bonds is 8. The van der Waals surface area contributed by atoms with E-state index in [4.69, 9.17) is 11.6 Å². The summed E-state index contributed by atoms with van der Waals surface area (Å²) in [5.74, 6) is 2.07. The standard InChI is InChI=1S/C17H25ClN4O/c1-2-22(16(23)13-5-3-6-13)10-4-9-19-15-14(12-7-8-12)11-20-17(18)21-15/h11-13H,2-10H2,1H3,(H,19,20,21). The Morgan fingerprint density at radius 3 is 2.78 bits per heavy atom. The molecule has 0 radical (unpaired) electrons. The van der Waals surface area contributed by atoms with Crippen LogP contribution in [-0.2, 0) is 4.79 Å². The molecule has 1 aromatic rings. The van der Waals surface area contributed by atoms with Crippen LogP contribution in [0.5, 0.6) is 0 Å². The van der Waals surface area contributed by atoms with Gasteiger partial charge in [-0.15, -0.1) is 0 Å². The fraction of sp³-hybridized carbons (Fsp3) is 0.706. The molecule has 5 nitrogen and oxygen atoms in total. The lowest BCUT2D eigenvalue weighted by atomic mass is 9.84. The van der Waals surface area contributed by atoms with Crippen molar-refractivity contribution in [3.63, 3.8) is 0 Å². The molecule has 2 aliphatic rings. The van der Waals surface area contributed by atoms with Gasteiger partial charge in [0, 0.05) is 37.3 Å². The fourth-order valence-electron chi connectivity index (χ4n) is 3.02. The fourth-order valence-corrected chi connectivity index (χ4v) is 3.15. The molecule has 126 valence electrons. The summed E-state index contributed by atoms with van der Waals surface area (Å²) < 4.78 is 0. The first-order chi connectivity index (χ1) is 11.2. The molecule has 1 heterocycles. The van der Waals surface area contributed by atoms with Crippen LogP contribution >= 0.6 is 11.6 Å². The summed E-state index contributed by atoms with van der Waals surface area (Å²) in [6.07, 6.45) is 8.51. The van der Waals surface area contributed by atoms with Gasteiger partial charge >= 0.3 is 0 Å². The monoisotopic (exact) mass is 336 g/mol. The van der Waals surface area contributed by atoms with Gasteiger partial charge in [-0.1, -0.05) is 6.42 Å². The number of anilines is 1. The van der Waals surface area contributed by atoms with Crippen LogP contribution in [0.15, 0.2) is 6.20 Å². The summed E-state index contributed by atoms with van der Waals surface area (Å²) in [6, 6.07) is 0. The highest BCUT2D eigenvalue weighted by Crippen LogP contribution is 2.42. The maximum Gasteiger partial charge on any atom is 0.225 e. The van der Waals surface area contributed by atoms with E-state index >= 15 is 0 Å². The topological polar surface area (TPSA) is 58.1 Å². The van der Waals surface area contributed by atoms with Crippen molar-refractivity contribution in [2.45, 2.75) is 51.4 Å². The minimum atomic E-state index is 0.282. The van der Waals surface area contributed by atoms with Gasteiger partial charge in [0.2, 0.25) is 11.2 Å². The molecule has 2 saturated carbocycles. The van der Waals surface area contributed by atoms with Gasteiger partial charge in [-0.3, -0.25) is 4.79 Å². The minimum Gasteiger partial charge on any atom is -0.370 e. The van der Waals surface area contributed by atoms with E-state index < -0.39 is 0 Å². The summed E-state index contributed by atoms with van der Waals surface area (Å²) in [4.78, 5) is 22.7. The lowest BCUT2D eigenvalue weighted by molar-refractivity contribution is -0.138. The smallest absolute Gasteiger partial charge is 0.225 e. The number of halogens is 1. The first kappa shape index (κ1) is 16.5. The number of carbonyl (C=O) groups is 1. The molecule has 0 saturated heterocycles. The quantitative estimate of drug-likeness (QED) is 0.583. The lowest BCUT2D eigenvalue weighted by Crippen LogP contribution is -2.39. The normalized spacial score (nSPS) is 17.7. The second kappa shape index (κ2) is 7.47. The highest BCUT2D eigenvalue weighted by Gasteiger charge is 2.29. The van der Waals surface area contributed by atoms with Gasteiger partial charge in [0.25, 0.3) is 0 Å². The van der Waals surface area contributed by atoms with Crippen molar-refractivity contribution in [3.05, 3.63) is 17.0 Å². The maximum atomic E-state index is 12.3. The first-order valence-electron chi connectivity index (χ1n) is 8.74. The molecular formula is C17H25ClN4O. The molecule has 1 amide bonds.